The van der Waals surface area contributed by atoms with Crippen LogP contribution >= 0.6 is 11.3 Å². The monoisotopic (exact) mass is 326 g/mol. The van der Waals surface area contributed by atoms with Crippen molar-refractivity contribution < 1.29 is 14.3 Å². The van der Waals surface area contributed by atoms with E-state index in [-0.39, 0.29) is 5.91 Å². The fourth-order valence-corrected chi connectivity index (χ4v) is 3.26. The number of benzene rings is 2. The first-order valence-electron chi connectivity index (χ1n) is 7.36. The standard InChI is InChI=1S/C17H14N2O3S/c20-16(19-17-18-12-4-1-2-5-15(12)23-17)11-6-7-13-14(10-11)22-9-3-8-21-13/h1-2,4-7,10H,3,8-9H2,(H,18,19,20). The van der Waals surface area contributed by atoms with E-state index in [9.17, 15) is 4.79 Å². The Morgan fingerprint density at radius 1 is 1.09 bits per heavy atom. The van der Waals surface area contributed by atoms with Gasteiger partial charge >= 0.3 is 0 Å². The van der Waals surface area contributed by atoms with E-state index in [0.717, 1.165) is 16.6 Å². The van der Waals surface area contributed by atoms with Crippen LogP contribution in [0.25, 0.3) is 10.2 Å². The fourth-order valence-electron chi connectivity index (χ4n) is 2.40. The second-order valence-electron chi connectivity index (χ2n) is 5.15. The van der Waals surface area contributed by atoms with E-state index in [2.05, 4.69) is 10.3 Å². The molecule has 2 heterocycles. The second-order valence-corrected chi connectivity index (χ2v) is 6.18. The first-order valence-corrected chi connectivity index (χ1v) is 8.18. The summed E-state index contributed by atoms with van der Waals surface area (Å²) in [6.45, 7) is 1.22. The van der Waals surface area contributed by atoms with Gasteiger partial charge < -0.3 is 9.47 Å². The van der Waals surface area contributed by atoms with Gasteiger partial charge in [0.25, 0.3) is 5.91 Å². The predicted octanol–water partition coefficient (Wildman–Crippen LogP) is 3.71. The molecule has 3 aromatic rings. The molecule has 0 radical (unpaired) electrons. The number of amides is 1. The molecule has 1 aliphatic heterocycles. The van der Waals surface area contributed by atoms with E-state index in [4.69, 9.17) is 9.47 Å². The highest BCUT2D eigenvalue weighted by Gasteiger charge is 2.15. The summed E-state index contributed by atoms with van der Waals surface area (Å²) in [5.74, 6) is 1.08. The van der Waals surface area contributed by atoms with Crippen molar-refractivity contribution >= 4 is 32.6 Å². The van der Waals surface area contributed by atoms with Gasteiger partial charge in [0.05, 0.1) is 23.4 Å². The van der Waals surface area contributed by atoms with Gasteiger partial charge in [-0.25, -0.2) is 4.98 Å². The Hall–Kier alpha value is -2.60. The molecule has 4 rings (SSSR count). The summed E-state index contributed by atoms with van der Waals surface area (Å²) in [6, 6.07) is 13.0. The number of nitrogens with zero attached hydrogens (tertiary/aromatic N) is 1. The topological polar surface area (TPSA) is 60.5 Å². The second kappa shape index (κ2) is 5.89. The SMILES string of the molecule is O=C(Nc1nc2ccccc2s1)c1ccc2c(c1)OCCCO2. The summed E-state index contributed by atoms with van der Waals surface area (Å²) < 4.78 is 12.2. The minimum Gasteiger partial charge on any atom is -0.490 e. The van der Waals surface area contributed by atoms with E-state index in [1.54, 1.807) is 18.2 Å². The van der Waals surface area contributed by atoms with Crippen LogP contribution in [0.5, 0.6) is 11.5 Å². The lowest BCUT2D eigenvalue weighted by molar-refractivity contribution is 0.102. The third-order valence-electron chi connectivity index (χ3n) is 3.52. The summed E-state index contributed by atoms with van der Waals surface area (Å²) in [6.07, 6.45) is 0.835. The number of aromatic nitrogens is 1. The van der Waals surface area contributed by atoms with Crippen molar-refractivity contribution in [3.8, 4) is 11.5 Å². The van der Waals surface area contributed by atoms with Crippen molar-refractivity contribution in [2.45, 2.75) is 6.42 Å². The predicted molar refractivity (Wildman–Crippen MR) is 89.6 cm³/mol. The van der Waals surface area contributed by atoms with Crippen LogP contribution in [0.4, 0.5) is 5.13 Å². The van der Waals surface area contributed by atoms with E-state index in [0.29, 0.717) is 35.4 Å². The molecule has 0 unspecified atom stereocenters. The van der Waals surface area contributed by atoms with Crippen LogP contribution in [0.2, 0.25) is 0 Å². The lowest BCUT2D eigenvalue weighted by atomic mass is 10.2. The molecule has 1 amide bonds. The molecule has 116 valence electrons. The molecule has 0 bridgehead atoms. The Labute approximate surface area is 136 Å². The first-order chi connectivity index (χ1) is 11.3. The van der Waals surface area contributed by atoms with Gasteiger partial charge in [0.15, 0.2) is 16.6 Å². The summed E-state index contributed by atoms with van der Waals surface area (Å²) in [5, 5.41) is 3.43. The van der Waals surface area contributed by atoms with Crippen molar-refractivity contribution in [2.75, 3.05) is 18.5 Å². The van der Waals surface area contributed by atoms with Crippen LogP contribution in [0.1, 0.15) is 16.8 Å². The highest BCUT2D eigenvalue weighted by molar-refractivity contribution is 7.22. The van der Waals surface area contributed by atoms with Crippen molar-refractivity contribution in [3.63, 3.8) is 0 Å². The number of rotatable bonds is 2. The molecule has 5 nitrogen and oxygen atoms in total. The number of nitrogens with one attached hydrogen (secondary N) is 1. The zero-order chi connectivity index (χ0) is 15.6. The number of ether oxygens (including phenoxy) is 2. The van der Waals surface area contributed by atoms with Gasteiger partial charge in [0.1, 0.15) is 0 Å². The zero-order valence-corrected chi connectivity index (χ0v) is 13.1. The van der Waals surface area contributed by atoms with Gasteiger partial charge in [0.2, 0.25) is 0 Å². The van der Waals surface area contributed by atoms with Gasteiger partial charge in [-0.15, -0.1) is 0 Å². The number of anilines is 1. The highest BCUT2D eigenvalue weighted by atomic mass is 32.1. The molecule has 1 aliphatic rings. The van der Waals surface area contributed by atoms with Crippen LogP contribution < -0.4 is 14.8 Å². The minimum atomic E-state index is -0.209. The Balaban J connectivity index is 1.58. The van der Waals surface area contributed by atoms with E-state index < -0.39 is 0 Å². The van der Waals surface area contributed by atoms with Crippen molar-refractivity contribution in [2.24, 2.45) is 0 Å². The van der Waals surface area contributed by atoms with Crippen LogP contribution in [0.15, 0.2) is 42.5 Å². The smallest absolute Gasteiger partial charge is 0.257 e. The summed E-state index contributed by atoms with van der Waals surface area (Å²) in [7, 11) is 0. The number of carbonyl (C=O) groups is 1. The number of carbonyl (C=O) groups excluding carboxylic acids is 1. The van der Waals surface area contributed by atoms with Crippen molar-refractivity contribution in [3.05, 3.63) is 48.0 Å². The molecular formula is C17H14N2O3S. The van der Waals surface area contributed by atoms with Crippen LogP contribution in [-0.4, -0.2) is 24.1 Å². The number of hydrogen-bond acceptors (Lipinski definition) is 5. The van der Waals surface area contributed by atoms with Crippen LogP contribution in [0.3, 0.4) is 0 Å². The average molecular weight is 326 g/mol. The molecule has 1 aromatic heterocycles. The Morgan fingerprint density at radius 3 is 2.78 bits per heavy atom. The molecule has 0 spiro atoms. The lowest BCUT2D eigenvalue weighted by Gasteiger charge is -2.08. The van der Waals surface area contributed by atoms with Gasteiger partial charge in [0, 0.05) is 12.0 Å². The molecule has 0 fully saturated rings. The molecular weight excluding hydrogens is 312 g/mol. The molecule has 23 heavy (non-hydrogen) atoms. The average Bonchev–Trinajstić information content (AvgIpc) is 2.82. The maximum Gasteiger partial charge on any atom is 0.257 e. The number of thiazole rings is 1. The Kier molecular flexibility index (Phi) is 3.59. The molecule has 0 saturated heterocycles. The third kappa shape index (κ3) is 2.85. The highest BCUT2D eigenvalue weighted by Crippen LogP contribution is 2.31. The van der Waals surface area contributed by atoms with Crippen LogP contribution in [0, 0.1) is 0 Å². The molecule has 0 aliphatic carbocycles. The van der Waals surface area contributed by atoms with Crippen LogP contribution in [-0.2, 0) is 0 Å². The molecule has 0 atom stereocenters. The minimum absolute atomic E-state index is 0.209. The maximum absolute atomic E-state index is 12.4. The number of para-hydroxylation sites is 1. The summed E-state index contributed by atoms with van der Waals surface area (Å²) >= 11 is 1.45. The molecule has 1 N–H and O–H groups in total. The van der Waals surface area contributed by atoms with Gasteiger partial charge in [-0.2, -0.15) is 0 Å². The van der Waals surface area contributed by atoms with Gasteiger partial charge in [-0.05, 0) is 30.3 Å². The number of fused-ring (bicyclic) bond motifs is 2. The van der Waals surface area contributed by atoms with E-state index in [1.807, 2.05) is 24.3 Å². The normalized spacial score (nSPS) is 13.6. The van der Waals surface area contributed by atoms with Crippen molar-refractivity contribution in [1.82, 2.24) is 4.98 Å². The van der Waals surface area contributed by atoms with E-state index >= 15 is 0 Å². The zero-order valence-electron chi connectivity index (χ0n) is 12.2. The molecule has 0 saturated carbocycles. The third-order valence-corrected chi connectivity index (χ3v) is 4.48. The largest absolute Gasteiger partial charge is 0.490 e. The number of hydrogen-bond donors (Lipinski definition) is 1. The first kappa shape index (κ1) is 14.0. The molecule has 2 aromatic carbocycles. The Morgan fingerprint density at radius 2 is 1.91 bits per heavy atom. The van der Waals surface area contributed by atoms with Gasteiger partial charge in [-0.3, -0.25) is 10.1 Å². The maximum atomic E-state index is 12.4. The van der Waals surface area contributed by atoms with Gasteiger partial charge in [-0.1, -0.05) is 23.5 Å². The molecule has 6 heteroatoms. The quantitative estimate of drug-likeness (QED) is 0.780. The summed E-state index contributed by atoms with van der Waals surface area (Å²) in [5.41, 5.74) is 1.40. The van der Waals surface area contributed by atoms with Crippen molar-refractivity contribution in [1.29, 1.82) is 0 Å². The summed E-state index contributed by atoms with van der Waals surface area (Å²) in [4.78, 5) is 16.8. The lowest BCUT2D eigenvalue weighted by Crippen LogP contribution is -2.11. The Bertz CT molecular complexity index is 842. The van der Waals surface area contributed by atoms with E-state index in [1.165, 1.54) is 11.3 Å². The fraction of sp³-hybridized carbons (Fsp3) is 0.176.